The predicted molar refractivity (Wildman–Crippen MR) is 22.9 cm³/mol. The van der Waals surface area contributed by atoms with Crippen LogP contribution in [0.3, 0.4) is 0 Å². The summed E-state index contributed by atoms with van der Waals surface area (Å²) < 4.78 is 0. The molecule has 0 bridgehead atoms. The Morgan fingerprint density at radius 1 is 1.00 bits per heavy atom. The summed E-state index contributed by atoms with van der Waals surface area (Å²) in [5.74, 6) is 0. The first-order valence-corrected chi connectivity index (χ1v) is 1.82. The van der Waals surface area contributed by atoms with E-state index in [1.165, 1.54) is 0 Å². The minimum atomic E-state index is 0. The molecule has 0 unspecified atom stereocenters. The molecule has 1 aliphatic carbocycles. The molecule has 0 nitrogen and oxygen atoms in total. The average Bonchev–Trinajstić information content (AvgIpc) is 1.76. The van der Waals surface area contributed by atoms with Crippen molar-refractivity contribution in [1.82, 2.24) is 0 Å². The largest absolute Gasteiger partial charge is 0.0808 e. The van der Waals surface area contributed by atoms with Crippen molar-refractivity contribution in [3.05, 3.63) is 24.3 Å². The Balaban J connectivity index is 0.000000250. The van der Waals surface area contributed by atoms with E-state index in [4.69, 9.17) is 0 Å². The van der Waals surface area contributed by atoms with Crippen molar-refractivity contribution in [3.8, 4) is 0 Å². The van der Waals surface area contributed by atoms with Gasteiger partial charge in [-0.05, 0) is 6.42 Å². The zero-order valence-electron chi connectivity index (χ0n) is 3.31. The van der Waals surface area contributed by atoms with Crippen molar-refractivity contribution in [2.24, 2.45) is 0 Å². The summed E-state index contributed by atoms with van der Waals surface area (Å²) in [7, 11) is 0. The van der Waals surface area contributed by atoms with Crippen LogP contribution in [0.5, 0.6) is 0 Å². The minimum absolute atomic E-state index is 0. The van der Waals surface area contributed by atoms with Crippen LogP contribution in [-0.4, -0.2) is 0 Å². The molecule has 0 fully saturated rings. The first-order valence-electron chi connectivity index (χ1n) is 1.82. The van der Waals surface area contributed by atoms with E-state index in [-0.39, 0.29) is 37.3 Å². The molecular formula is C5H6Er. The van der Waals surface area contributed by atoms with Gasteiger partial charge in [-0.15, -0.1) is 0 Å². The summed E-state index contributed by atoms with van der Waals surface area (Å²) in [6.07, 6.45) is 9.50. The molecule has 1 heteroatoms. The molecule has 1 rings (SSSR count). The second kappa shape index (κ2) is 3.90. The zero-order chi connectivity index (χ0) is 3.54. The molecule has 0 spiro atoms. The Morgan fingerprint density at radius 3 is 1.67 bits per heavy atom. The van der Waals surface area contributed by atoms with Crippen molar-refractivity contribution >= 4 is 0 Å². The first kappa shape index (κ1) is 6.73. The first-order chi connectivity index (χ1) is 2.50. The molecular weight excluding hydrogens is 227 g/mol. The quantitative estimate of drug-likeness (QED) is 0.595. The van der Waals surface area contributed by atoms with Gasteiger partial charge in [-0.2, -0.15) is 0 Å². The van der Waals surface area contributed by atoms with Crippen molar-refractivity contribution in [2.75, 3.05) is 0 Å². The molecule has 0 saturated heterocycles. The van der Waals surface area contributed by atoms with E-state index >= 15 is 0 Å². The van der Waals surface area contributed by atoms with Gasteiger partial charge in [0.05, 0.1) is 0 Å². The Morgan fingerprint density at radius 2 is 1.50 bits per heavy atom. The normalized spacial score (nSPS) is 14.7. The topological polar surface area (TPSA) is 0 Å². The standard InChI is InChI=1S/C5H6.Er/c1-2-4-5-3-1;/h1-4H,5H2;. The van der Waals surface area contributed by atoms with E-state index in [0.29, 0.717) is 0 Å². The van der Waals surface area contributed by atoms with Gasteiger partial charge in [-0.1, -0.05) is 24.3 Å². The van der Waals surface area contributed by atoms with Gasteiger partial charge in [-0.3, -0.25) is 0 Å². The van der Waals surface area contributed by atoms with Crippen molar-refractivity contribution < 1.29 is 37.3 Å². The second-order valence-electron chi connectivity index (χ2n) is 1.09. The van der Waals surface area contributed by atoms with E-state index in [9.17, 15) is 0 Å². The second-order valence-corrected chi connectivity index (χ2v) is 1.09. The van der Waals surface area contributed by atoms with E-state index in [1.807, 2.05) is 0 Å². The molecule has 0 aromatic rings. The van der Waals surface area contributed by atoms with Crippen molar-refractivity contribution in [1.29, 1.82) is 0 Å². The fraction of sp³-hybridized carbons (Fsp3) is 0.200. The van der Waals surface area contributed by atoms with Gasteiger partial charge in [-0.25, -0.2) is 0 Å². The van der Waals surface area contributed by atoms with Gasteiger partial charge >= 0.3 is 0 Å². The van der Waals surface area contributed by atoms with Gasteiger partial charge in [0, 0.05) is 37.3 Å². The van der Waals surface area contributed by atoms with Crippen LogP contribution in [0.4, 0.5) is 0 Å². The molecule has 1 aliphatic rings. The van der Waals surface area contributed by atoms with Gasteiger partial charge in [0.1, 0.15) is 0 Å². The fourth-order valence-corrected chi connectivity index (χ4v) is 0.393. The Hall–Kier alpha value is 0.727. The average molecular weight is 233 g/mol. The van der Waals surface area contributed by atoms with Crippen LogP contribution in [0.15, 0.2) is 24.3 Å². The van der Waals surface area contributed by atoms with Gasteiger partial charge < -0.3 is 0 Å². The molecule has 0 N–H and O–H groups in total. The summed E-state index contributed by atoms with van der Waals surface area (Å²) >= 11 is 0. The number of hydrogen-bond donors (Lipinski definition) is 0. The number of allylic oxidation sites excluding steroid dienone is 4. The molecule has 0 atom stereocenters. The maximum Gasteiger partial charge on any atom is 0 e. The maximum atomic E-state index is 2.12. The Labute approximate surface area is 67.5 Å². The SMILES string of the molecule is C1=CCC=C1.[Er]. The molecule has 0 aromatic heterocycles. The fourth-order valence-electron chi connectivity index (χ4n) is 0.393. The summed E-state index contributed by atoms with van der Waals surface area (Å²) in [6.45, 7) is 0. The molecule has 0 radical (unpaired) electrons. The van der Waals surface area contributed by atoms with E-state index < -0.39 is 0 Å². The third kappa shape index (κ3) is 2.00. The van der Waals surface area contributed by atoms with Crippen LogP contribution >= 0.6 is 0 Å². The molecule has 0 amide bonds. The summed E-state index contributed by atoms with van der Waals surface area (Å²) in [4.78, 5) is 0. The van der Waals surface area contributed by atoms with Gasteiger partial charge in [0.25, 0.3) is 0 Å². The zero-order valence-corrected chi connectivity index (χ0v) is 5.16. The smallest absolute Gasteiger partial charge is 0 e. The van der Waals surface area contributed by atoms with Crippen molar-refractivity contribution in [2.45, 2.75) is 6.42 Å². The minimum Gasteiger partial charge on any atom is -0.0808 e. The number of hydrogen-bond acceptors (Lipinski definition) is 0. The third-order valence-electron chi connectivity index (χ3n) is 0.655. The van der Waals surface area contributed by atoms with Gasteiger partial charge in [0.2, 0.25) is 0 Å². The molecule has 6 heavy (non-hydrogen) atoms. The number of rotatable bonds is 0. The maximum absolute atomic E-state index is 2.12. The van der Waals surface area contributed by atoms with Crippen LogP contribution in [0.1, 0.15) is 6.42 Å². The summed E-state index contributed by atoms with van der Waals surface area (Å²) in [5.41, 5.74) is 0. The Kier molecular flexibility index (Phi) is 4.37. The Bertz CT molecular complexity index is 62.0. The summed E-state index contributed by atoms with van der Waals surface area (Å²) in [6, 6.07) is 0. The van der Waals surface area contributed by atoms with Crippen LogP contribution in [0.25, 0.3) is 0 Å². The summed E-state index contributed by atoms with van der Waals surface area (Å²) in [5, 5.41) is 0. The van der Waals surface area contributed by atoms with Gasteiger partial charge in [0.15, 0.2) is 0 Å². The van der Waals surface area contributed by atoms with Crippen LogP contribution in [0, 0.1) is 37.3 Å². The van der Waals surface area contributed by atoms with E-state index in [0.717, 1.165) is 6.42 Å². The van der Waals surface area contributed by atoms with Crippen LogP contribution < -0.4 is 0 Å². The third-order valence-corrected chi connectivity index (χ3v) is 0.655. The monoisotopic (exact) mass is 232 g/mol. The molecule has 38 valence electrons. The van der Waals surface area contributed by atoms with Crippen molar-refractivity contribution in [3.63, 3.8) is 0 Å². The molecule has 0 aliphatic heterocycles. The molecule has 0 saturated carbocycles. The molecule has 0 aromatic carbocycles. The van der Waals surface area contributed by atoms with E-state index in [2.05, 4.69) is 24.3 Å². The van der Waals surface area contributed by atoms with Crippen LogP contribution in [-0.2, 0) is 0 Å². The van der Waals surface area contributed by atoms with Crippen LogP contribution in [0.2, 0.25) is 0 Å². The molecule has 0 heterocycles. The predicted octanol–water partition coefficient (Wildman–Crippen LogP) is 1.50. The van der Waals surface area contributed by atoms with E-state index in [1.54, 1.807) is 0 Å².